The van der Waals surface area contributed by atoms with Gasteiger partial charge >= 0.3 is 6.03 Å². The first kappa shape index (κ1) is 28.8. The average Bonchev–Trinajstić information content (AvgIpc) is 2.91. The Balaban J connectivity index is 1.48. The Hall–Kier alpha value is -4.21. The van der Waals surface area contributed by atoms with Crippen LogP contribution >= 0.6 is 23.2 Å². The number of nitrogens with two attached hydrogens (primary N) is 1. The number of halogens is 2. The van der Waals surface area contributed by atoms with Crippen LogP contribution in [0.25, 0.3) is 10.9 Å². The number of pyridine rings is 1. The maximum absolute atomic E-state index is 12.9. The van der Waals surface area contributed by atoms with Crippen LogP contribution in [-0.2, 0) is 11.4 Å². The van der Waals surface area contributed by atoms with Gasteiger partial charge in [0, 0.05) is 59.9 Å². The van der Waals surface area contributed by atoms with E-state index in [0.29, 0.717) is 33.4 Å². The fourth-order valence-corrected chi connectivity index (χ4v) is 4.75. The van der Waals surface area contributed by atoms with Crippen LogP contribution in [0.3, 0.4) is 0 Å². The van der Waals surface area contributed by atoms with Gasteiger partial charge in [-0.15, -0.1) is 0 Å². The van der Waals surface area contributed by atoms with Crippen molar-refractivity contribution in [1.82, 2.24) is 10.3 Å². The van der Waals surface area contributed by atoms with Crippen LogP contribution in [0, 0.1) is 6.92 Å². The van der Waals surface area contributed by atoms with Crippen LogP contribution in [0.4, 0.5) is 27.5 Å². The number of para-hydroxylation sites is 1. The lowest BCUT2D eigenvalue weighted by atomic mass is 10.1. The lowest BCUT2D eigenvalue weighted by Gasteiger charge is -2.22. The second kappa shape index (κ2) is 12.3. The number of anilines is 4. The number of likely N-dealkylation sites (N-methyl/N-ethyl adjacent to an activating group) is 1. The van der Waals surface area contributed by atoms with Crippen LogP contribution in [-0.4, -0.2) is 44.6 Å². The highest BCUT2D eigenvalue weighted by atomic mass is 35.5. The molecule has 4 aromatic rings. The second-order valence-electron chi connectivity index (χ2n) is 9.36. The van der Waals surface area contributed by atoms with Gasteiger partial charge in [0.05, 0.1) is 17.3 Å². The molecule has 11 heteroatoms. The Labute approximate surface area is 242 Å². The van der Waals surface area contributed by atoms with E-state index in [2.05, 4.69) is 10.6 Å². The molecule has 0 aliphatic carbocycles. The molecule has 0 spiro atoms. The van der Waals surface area contributed by atoms with Gasteiger partial charge in [-0.3, -0.25) is 4.79 Å². The lowest BCUT2D eigenvalue weighted by molar-refractivity contribution is -0.117. The van der Waals surface area contributed by atoms with Crippen LogP contribution in [0.5, 0.6) is 5.75 Å². The maximum atomic E-state index is 12.9. The number of ether oxygens (including phenoxy) is 1. The van der Waals surface area contributed by atoms with Crippen molar-refractivity contribution in [2.24, 2.45) is 0 Å². The smallest absolute Gasteiger partial charge is 0.319 e. The van der Waals surface area contributed by atoms with Crippen molar-refractivity contribution < 1.29 is 14.3 Å². The first-order valence-electron chi connectivity index (χ1n) is 12.4. The number of benzene rings is 3. The van der Waals surface area contributed by atoms with Gasteiger partial charge in [-0.25, -0.2) is 9.78 Å². The number of nitrogens with zero attached hydrogens (tertiary/aromatic N) is 3. The van der Waals surface area contributed by atoms with Gasteiger partial charge in [0.2, 0.25) is 5.91 Å². The van der Waals surface area contributed by atoms with Gasteiger partial charge in [-0.2, -0.15) is 0 Å². The Morgan fingerprint density at radius 1 is 1.00 bits per heavy atom. The summed E-state index contributed by atoms with van der Waals surface area (Å²) in [6.45, 7) is 1.73. The summed E-state index contributed by atoms with van der Waals surface area (Å²) in [6, 6.07) is 17.2. The molecule has 0 bridgehead atoms. The van der Waals surface area contributed by atoms with Crippen molar-refractivity contribution in [3.63, 3.8) is 0 Å². The third kappa shape index (κ3) is 6.50. The van der Waals surface area contributed by atoms with E-state index in [0.717, 1.165) is 22.3 Å². The number of fused-ring (bicyclic) bond motifs is 1. The van der Waals surface area contributed by atoms with Crippen LogP contribution in [0.1, 0.15) is 11.3 Å². The van der Waals surface area contributed by atoms with Crippen molar-refractivity contribution >= 4 is 68.8 Å². The minimum atomic E-state index is -0.542. The number of aromatic nitrogens is 1. The van der Waals surface area contributed by atoms with E-state index in [1.807, 2.05) is 50.2 Å². The molecule has 3 aromatic carbocycles. The minimum absolute atomic E-state index is 0.0560. The fourth-order valence-electron chi connectivity index (χ4n) is 4.14. The number of urea groups is 1. The SMILES string of the molecule is Cc1cc(N(C)C)c2cccc(OCc3c(Cl)ccc(N(C)C(=O)CNC(=O)Nc4cccc(N)c4)c3Cl)c2n1. The fraction of sp³-hybridized carbons (Fsp3) is 0.207. The van der Waals surface area contributed by atoms with Crippen molar-refractivity contribution in [3.8, 4) is 5.75 Å². The third-order valence-electron chi connectivity index (χ3n) is 6.21. The molecular formula is C29H30Cl2N6O3. The Morgan fingerprint density at radius 2 is 1.75 bits per heavy atom. The maximum Gasteiger partial charge on any atom is 0.319 e. The molecule has 4 rings (SSSR count). The summed E-state index contributed by atoms with van der Waals surface area (Å²) in [4.78, 5) is 33.2. The molecular weight excluding hydrogens is 551 g/mol. The number of nitrogens with one attached hydrogen (secondary N) is 2. The van der Waals surface area contributed by atoms with Gasteiger partial charge in [0.15, 0.2) is 0 Å². The molecule has 0 aliphatic heterocycles. The number of rotatable bonds is 8. The van der Waals surface area contributed by atoms with Gasteiger partial charge in [-0.05, 0) is 49.4 Å². The molecule has 0 radical (unpaired) electrons. The lowest BCUT2D eigenvalue weighted by Crippen LogP contribution is -2.40. The standard InChI is InChI=1S/C29H30Cl2N6O3/c1-17-13-24(36(2)3)20-9-6-10-25(28(20)34-17)40-16-21-22(30)11-12-23(27(21)31)37(4)26(38)15-33-29(39)35-19-8-5-7-18(32)14-19/h5-14H,15-16,32H2,1-4H3,(H2,33,35,39). The zero-order valence-electron chi connectivity index (χ0n) is 22.6. The van der Waals surface area contributed by atoms with E-state index in [-0.39, 0.29) is 24.1 Å². The largest absolute Gasteiger partial charge is 0.487 e. The van der Waals surface area contributed by atoms with Crippen molar-refractivity contribution in [2.75, 3.05) is 48.5 Å². The number of nitrogen functional groups attached to an aromatic ring is 1. The molecule has 4 N–H and O–H groups in total. The quantitative estimate of drug-likeness (QED) is 0.225. The molecule has 9 nitrogen and oxygen atoms in total. The number of aryl methyl sites for hydroxylation is 1. The summed E-state index contributed by atoms with van der Waals surface area (Å²) in [7, 11) is 5.53. The van der Waals surface area contributed by atoms with Crippen molar-refractivity contribution in [2.45, 2.75) is 13.5 Å². The summed E-state index contributed by atoms with van der Waals surface area (Å²) >= 11 is 13.2. The van der Waals surface area contributed by atoms with E-state index >= 15 is 0 Å². The van der Waals surface area contributed by atoms with Crippen LogP contribution < -0.4 is 30.9 Å². The monoisotopic (exact) mass is 580 g/mol. The number of carbonyl (C=O) groups excluding carboxylic acids is 2. The van der Waals surface area contributed by atoms with Gasteiger partial charge in [0.25, 0.3) is 0 Å². The summed E-state index contributed by atoms with van der Waals surface area (Å²) in [5.41, 5.74) is 10.3. The van der Waals surface area contributed by atoms with Gasteiger partial charge < -0.3 is 30.9 Å². The van der Waals surface area contributed by atoms with Gasteiger partial charge in [-0.1, -0.05) is 41.4 Å². The summed E-state index contributed by atoms with van der Waals surface area (Å²) in [5, 5.41) is 6.80. The zero-order chi connectivity index (χ0) is 29.0. The number of carbonyl (C=O) groups is 2. The number of hydrogen-bond acceptors (Lipinski definition) is 6. The minimum Gasteiger partial charge on any atom is -0.487 e. The summed E-state index contributed by atoms with van der Waals surface area (Å²) < 4.78 is 6.17. The van der Waals surface area contributed by atoms with Crippen LogP contribution in [0.2, 0.25) is 10.0 Å². The third-order valence-corrected chi connectivity index (χ3v) is 6.98. The van der Waals surface area contributed by atoms with E-state index < -0.39 is 6.03 Å². The number of amides is 3. The summed E-state index contributed by atoms with van der Waals surface area (Å²) in [5.74, 6) is 0.199. The molecule has 0 fully saturated rings. The first-order valence-corrected chi connectivity index (χ1v) is 13.1. The molecule has 1 heterocycles. The molecule has 0 aliphatic rings. The second-order valence-corrected chi connectivity index (χ2v) is 10.1. The Kier molecular flexibility index (Phi) is 8.86. The topological polar surface area (TPSA) is 113 Å². The Bertz CT molecular complexity index is 1580. The molecule has 0 atom stereocenters. The highest BCUT2D eigenvalue weighted by molar-refractivity contribution is 6.38. The molecule has 40 heavy (non-hydrogen) atoms. The van der Waals surface area contributed by atoms with E-state index in [9.17, 15) is 9.59 Å². The van der Waals surface area contributed by atoms with E-state index in [4.69, 9.17) is 38.7 Å². The molecule has 0 saturated carbocycles. The van der Waals surface area contributed by atoms with E-state index in [1.54, 1.807) is 43.4 Å². The molecule has 3 amide bonds. The van der Waals surface area contributed by atoms with E-state index in [1.165, 1.54) is 4.90 Å². The molecule has 208 valence electrons. The molecule has 0 unspecified atom stereocenters. The molecule has 0 saturated heterocycles. The van der Waals surface area contributed by atoms with Gasteiger partial charge in [0.1, 0.15) is 17.9 Å². The number of hydrogen-bond donors (Lipinski definition) is 3. The Morgan fingerprint density at radius 3 is 2.48 bits per heavy atom. The van der Waals surface area contributed by atoms with Crippen LogP contribution in [0.15, 0.2) is 60.7 Å². The highest BCUT2D eigenvalue weighted by Crippen LogP contribution is 2.36. The van der Waals surface area contributed by atoms with Crippen molar-refractivity contribution in [1.29, 1.82) is 0 Å². The highest BCUT2D eigenvalue weighted by Gasteiger charge is 2.20. The van der Waals surface area contributed by atoms with Crippen molar-refractivity contribution in [3.05, 3.63) is 82.0 Å². The molecule has 1 aromatic heterocycles. The normalized spacial score (nSPS) is 10.8. The predicted molar refractivity (Wildman–Crippen MR) is 163 cm³/mol. The summed E-state index contributed by atoms with van der Waals surface area (Å²) in [6.07, 6.45) is 0. The first-order chi connectivity index (χ1) is 19.0. The zero-order valence-corrected chi connectivity index (χ0v) is 24.1. The predicted octanol–water partition coefficient (Wildman–Crippen LogP) is 5.86. The average molecular weight is 582 g/mol.